The molecule has 2 atom stereocenters. The van der Waals surface area contributed by atoms with Crippen molar-refractivity contribution in [1.29, 1.82) is 0 Å². The first-order chi connectivity index (χ1) is 12.5. The topological polar surface area (TPSA) is 47.0 Å². The van der Waals surface area contributed by atoms with E-state index in [9.17, 15) is 9.90 Å². The molecular weight excluding hydrogens is 326 g/mol. The molecule has 1 N–H and O–H groups in total. The minimum absolute atomic E-state index is 0.0433. The molecule has 0 aromatic heterocycles. The van der Waals surface area contributed by atoms with Gasteiger partial charge in [-0.05, 0) is 18.4 Å². The number of aliphatic hydroxyl groups excluding tert-OH is 1. The Morgan fingerprint density at radius 3 is 2.62 bits per heavy atom. The van der Waals surface area contributed by atoms with Gasteiger partial charge in [0.2, 0.25) is 5.91 Å². The van der Waals surface area contributed by atoms with Gasteiger partial charge in [0.1, 0.15) is 0 Å². The Bertz CT molecular complexity index is 642. The fourth-order valence-electron chi connectivity index (χ4n) is 5.08. The molecule has 0 radical (unpaired) electrons. The average molecular weight is 357 g/mol. The van der Waals surface area contributed by atoms with Crippen LogP contribution in [0, 0.1) is 5.92 Å². The number of carbonyl (C=O) groups is 1. The summed E-state index contributed by atoms with van der Waals surface area (Å²) in [5, 5.41) is 10.2. The molecule has 5 nitrogen and oxygen atoms in total. The van der Waals surface area contributed by atoms with Gasteiger partial charge in [0.25, 0.3) is 0 Å². The summed E-state index contributed by atoms with van der Waals surface area (Å²) in [4.78, 5) is 19.4. The third-order valence-corrected chi connectivity index (χ3v) is 6.32. The van der Waals surface area contributed by atoms with Crippen LogP contribution in [0.25, 0.3) is 0 Å². The van der Waals surface area contributed by atoms with Crippen molar-refractivity contribution in [3.05, 3.63) is 35.9 Å². The zero-order chi connectivity index (χ0) is 18.3. The number of amides is 1. The van der Waals surface area contributed by atoms with Gasteiger partial charge in [0, 0.05) is 51.2 Å². The maximum Gasteiger partial charge on any atom is 0.225 e. The summed E-state index contributed by atoms with van der Waals surface area (Å²) in [7, 11) is 0. The second-order valence-electron chi connectivity index (χ2n) is 8.74. The lowest BCUT2D eigenvalue weighted by molar-refractivity contribution is -0.159. The van der Waals surface area contributed by atoms with Crippen LogP contribution in [0.3, 0.4) is 0 Å². The fraction of sp³-hybridized carbons (Fsp3) is 0.667. The molecule has 1 spiro atoms. The molecule has 3 aliphatic heterocycles. The largest absolute Gasteiger partial charge is 0.392 e. The molecule has 1 aromatic rings. The number of nitrogens with zero attached hydrogens (tertiary/aromatic N) is 3. The van der Waals surface area contributed by atoms with Crippen molar-refractivity contribution in [2.24, 2.45) is 5.92 Å². The summed E-state index contributed by atoms with van der Waals surface area (Å²) < 4.78 is 0. The Morgan fingerprint density at radius 2 is 1.92 bits per heavy atom. The molecule has 1 amide bonds. The Labute approximate surface area is 156 Å². The molecule has 1 aromatic carbocycles. The van der Waals surface area contributed by atoms with Gasteiger partial charge in [-0.3, -0.25) is 14.6 Å². The molecule has 3 fully saturated rings. The van der Waals surface area contributed by atoms with Crippen LogP contribution >= 0.6 is 0 Å². The van der Waals surface area contributed by atoms with E-state index in [-0.39, 0.29) is 23.5 Å². The number of hydrogen-bond donors (Lipinski definition) is 1. The van der Waals surface area contributed by atoms with E-state index in [1.165, 1.54) is 5.56 Å². The van der Waals surface area contributed by atoms with E-state index in [1.807, 2.05) is 18.7 Å². The minimum Gasteiger partial charge on any atom is -0.392 e. The van der Waals surface area contributed by atoms with Crippen molar-refractivity contribution in [1.82, 2.24) is 14.7 Å². The average Bonchev–Trinajstić information content (AvgIpc) is 2.98. The van der Waals surface area contributed by atoms with Gasteiger partial charge >= 0.3 is 0 Å². The smallest absolute Gasteiger partial charge is 0.225 e. The first-order valence-electron chi connectivity index (χ1n) is 9.97. The number of benzene rings is 1. The summed E-state index contributed by atoms with van der Waals surface area (Å²) in [5.74, 6) is 0.318. The predicted molar refractivity (Wildman–Crippen MR) is 102 cm³/mol. The molecule has 3 saturated heterocycles. The third-order valence-electron chi connectivity index (χ3n) is 6.32. The molecular formula is C21H31N3O2. The summed E-state index contributed by atoms with van der Waals surface area (Å²) in [6.07, 6.45) is 1.70. The molecule has 0 unspecified atom stereocenters. The third kappa shape index (κ3) is 3.28. The van der Waals surface area contributed by atoms with Crippen LogP contribution in [0.15, 0.2) is 30.3 Å². The summed E-state index contributed by atoms with van der Waals surface area (Å²) in [6.45, 7) is 9.43. The number of aliphatic hydroxyl groups is 1. The molecule has 26 heavy (non-hydrogen) atoms. The van der Waals surface area contributed by atoms with Gasteiger partial charge in [-0.15, -0.1) is 0 Å². The lowest BCUT2D eigenvalue weighted by Gasteiger charge is -2.61. The normalized spacial score (nSPS) is 28.4. The van der Waals surface area contributed by atoms with Gasteiger partial charge in [0.05, 0.1) is 11.6 Å². The quantitative estimate of drug-likeness (QED) is 0.880. The van der Waals surface area contributed by atoms with E-state index >= 15 is 0 Å². The van der Waals surface area contributed by atoms with Crippen LogP contribution in [-0.2, 0) is 11.2 Å². The number of β-amino-alcohol motifs (C(OH)–C–C–N with tert-alkyl or cyclic N) is 1. The fourth-order valence-corrected chi connectivity index (χ4v) is 5.08. The predicted octanol–water partition coefficient (Wildman–Crippen LogP) is 1.22. The Morgan fingerprint density at radius 1 is 1.19 bits per heavy atom. The summed E-state index contributed by atoms with van der Waals surface area (Å²) >= 11 is 0. The van der Waals surface area contributed by atoms with Crippen molar-refractivity contribution < 1.29 is 9.90 Å². The van der Waals surface area contributed by atoms with E-state index in [0.717, 1.165) is 52.1 Å². The highest BCUT2D eigenvalue weighted by Crippen LogP contribution is 2.39. The monoisotopic (exact) mass is 357 g/mol. The Kier molecular flexibility index (Phi) is 4.80. The number of piperazine rings is 1. The molecule has 3 aliphatic rings. The molecule has 5 heteroatoms. The number of rotatable bonds is 4. The Balaban J connectivity index is 1.44. The van der Waals surface area contributed by atoms with E-state index in [2.05, 4.69) is 40.1 Å². The highest BCUT2D eigenvalue weighted by Gasteiger charge is 2.56. The molecule has 4 rings (SSSR count). The maximum absolute atomic E-state index is 12.3. The standard InChI is InChI=1S/C21H31N3O2/c1-16(2)20(26)23-14-21(15-23)13-22(9-8-17-6-4-3-5-7-17)11-18-10-19(25)12-24(18)21/h3-7,16,18-19,25H,8-15H2,1-2H3/t18-,19+/m0/s1. The van der Waals surface area contributed by atoms with Crippen molar-refractivity contribution in [3.63, 3.8) is 0 Å². The molecule has 3 heterocycles. The first-order valence-corrected chi connectivity index (χ1v) is 9.97. The Hall–Kier alpha value is -1.43. The van der Waals surface area contributed by atoms with Crippen LogP contribution in [0.2, 0.25) is 0 Å². The summed E-state index contributed by atoms with van der Waals surface area (Å²) in [6, 6.07) is 11.1. The van der Waals surface area contributed by atoms with Gasteiger partial charge in [-0.25, -0.2) is 0 Å². The number of carbonyl (C=O) groups excluding carboxylic acids is 1. The zero-order valence-electron chi connectivity index (χ0n) is 16.0. The van der Waals surface area contributed by atoms with Crippen LogP contribution in [0.4, 0.5) is 0 Å². The van der Waals surface area contributed by atoms with Gasteiger partial charge in [-0.2, -0.15) is 0 Å². The molecule has 0 saturated carbocycles. The SMILES string of the molecule is CC(C)C(=O)N1CC2(CN(CCc3ccccc3)C[C@@H]3C[C@@H](O)CN32)C1. The zero-order valence-corrected chi connectivity index (χ0v) is 16.0. The second-order valence-corrected chi connectivity index (χ2v) is 8.74. The second kappa shape index (κ2) is 6.95. The molecule has 0 bridgehead atoms. The van der Waals surface area contributed by atoms with Gasteiger partial charge in [0.15, 0.2) is 0 Å². The van der Waals surface area contributed by atoms with Gasteiger partial charge < -0.3 is 10.0 Å². The summed E-state index contributed by atoms with van der Waals surface area (Å²) in [5.41, 5.74) is 1.42. The lowest BCUT2D eigenvalue weighted by atomic mass is 9.83. The van der Waals surface area contributed by atoms with E-state index in [1.54, 1.807) is 0 Å². The number of likely N-dealkylation sites (tertiary alicyclic amines) is 1. The first kappa shape index (κ1) is 18.0. The highest BCUT2D eigenvalue weighted by atomic mass is 16.3. The maximum atomic E-state index is 12.3. The lowest BCUT2D eigenvalue weighted by Crippen LogP contribution is -2.79. The molecule has 142 valence electrons. The van der Waals surface area contributed by atoms with Crippen LogP contribution in [0.1, 0.15) is 25.8 Å². The van der Waals surface area contributed by atoms with E-state index in [0.29, 0.717) is 6.04 Å². The van der Waals surface area contributed by atoms with Crippen LogP contribution < -0.4 is 0 Å². The van der Waals surface area contributed by atoms with Crippen molar-refractivity contribution in [2.75, 3.05) is 39.3 Å². The number of fused-ring (bicyclic) bond motifs is 2. The van der Waals surface area contributed by atoms with Crippen molar-refractivity contribution in [3.8, 4) is 0 Å². The number of hydrogen-bond acceptors (Lipinski definition) is 4. The van der Waals surface area contributed by atoms with Gasteiger partial charge in [-0.1, -0.05) is 44.2 Å². The minimum atomic E-state index is -0.221. The molecule has 0 aliphatic carbocycles. The van der Waals surface area contributed by atoms with E-state index < -0.39 is 0 Å². The van der Waals surface area contributed by atoms with Crippen molar-refractivity contribution >= 4 is 5.91 Å². The van der Waals surface area contributed by atoms with Crippen LogP contribution in [-0.4, -0.2) is 82.7 Å². The van der Waals surface area contributed by atoms with Crippen molar-refractivity contribution in [2.45, 2.75) is 44.4 Å². The van der Waals surface area contributed by atoms with Crippen LogP contribution in [0.5, 0.6) is 0 Å². The highest BCUT2D eigenvalue weighted by molar-refractivity contribution is 5.79. The van der Waals surface area contributed by atoms with E-state index in [4.69, 9.17) is 0 Å².